The topological polar surface area (TPSA) is 20.2 Å². The Bertz CT molecular complexity index is 309. The highest BCUT2D eigenvalue weighted by atomic mass is 16.3. The second kappa shape index (κ2) is 4.80. The van der Waals surface area contributed by atoms with Gasteiger partial charge < -0.3 is 5.11 Å². The molecular formula is C14H22O. The summed E-state index contributed by atoms with van der Waals surface area (Å²) >= 11 is 0. The molecule has 1 atom stereocenters. The van der Waals surface area contributed by atoms with Crippen LogP contribution in [0.15, 0.2) is 24.3 Å². The maximum Gasteiger partial charge on any atom is 0.0838 e. The molecule has 0 amide bonds. The smallest absolute Gasteiger partial charge is 0.0838 e. The van der Waals surface area contributed by atoms with Crippen molar-refractivity contribution < 1.29 is 5.11 Å². The number of aliphatic hydroxyl groups is 1. The molecule has 0 heterocycles. The lowest BCUT2D eigenvalue weighted by Crippen LogP contribution is -2.17. The monoisotopic (exact) mass is 206 g/mol. The molecule has 0 radical (unpaired) electrons. The van der Waals surface area contributed by atoms with E-state index in [0.29, 0.717) is 0 Å². The van der Waals surface area contributed by atoms with Gasteiger partial charge in [-0.05, 0) is 23.0 Å². The first-order valence-electron chi connectivity index (χ1n) is 5.72. The first kappa shape index (κ1) is 12.3. The lowest BCUT2D eigenvalue weighted by Gasteiger charge is -2.26. The normalized spacial score (nSPS) is 13.9. The summed E-state index contributed by atoms with van der Waals surface area (Å²) in [6.45, 7) is 8.35. The first-order valence-corrected chi connectivity index (χ1v) is 5.72. The fourth-order valence-electron chi connectivity index (χ4n) is 1.71. The fourth-order valence-corrected chi connectivity index (χ4v) is 1.71. The predicted octanol–water partition coefficient (Wildman–Crippen LogP) is 3.72. The summed E-state index contributed by atoms with van der Waals surface area (Å²) in [5.74, 6) is 0. The summed E-state index contributed by atoms with van der Waals surface area (Å²) in [6.07, 6.45) is 1.86. The van der Waals surface area contributed by atoms with Crippen LogP contribution < -0.4 is 0 Å². The fraction of sp³-hybridized carbons (Fsp3) is 0.571. The van der Waals surface area contributed by atoms with Crippen LogP contribution in [0.4, 0.5) is 0 Å². The highest BCUT2D eigenvalue weighted by Gasteiger charge is 2.23. The van der Waals surface area contributed by atoms with E-state index in [1.54, 1.807) is 0 Å². The van der Waals surface area contributed by atoms with E-state index in [1.165, 1.54) is 5.56 Å². The number of hydrogen-bond acceptors (Lipinski definition) is 1. The van der Waals surface area contributed by atoms with E-state index in [1.807, 2.05) is 12.1 Å². The van der Waals surface area contributed by atoms with Gasteiger partial charge in [0.15, 0.2) is 0 Å². The summed E-state index contributed by atoms with van der Waals surface area (Å²) in [4.78, 5) is 0. The van der Waals surface area contributed by atoms with Crippen molar-refractivity contribution in [3.8, 4) is 0 Å². The maximum atomic E-state index is 10.1. The van der Waals surface area contributed by atoms with E-state index in [9.17, 15) is 5.11 Å². The third kappa shape index (κ3) is 3.35. The largest absolute Gasteiger partial charge is 0.388 e. The molecule has 0 bridgehead atoms. The zero-order valence-electron chi connectivity index (χ0n) is 10.2. The standard InChI is InChI=1S/C14H22O/c1-5-7-11-8-6-9-12(10-11)13(15)14(2,3)4/h6,8-10,13,15H,5,7H2,1-4H3. The van der Waals surface area contributed by atoms with Crippen molar-refractivity contribution in [2.45, 2.75) is 46.6 Å². The highest BCUT2D eigenvalue weighted by Crippen LogP contribution is 2.32. The molecule has 1 aromatic carbocycles. The third-order valence-electron chi connectivity index (χ3n) is 2.63. The molecule has 0 saturated carbocycles. The van der Waals surface area contributed by atoms with Crippen LogP contribution in [-0.2, 0) is 6.42 Å². The summed E-state index contributed by atoms with van der Waals surface area (Å²) in [7, 11) is 0. The van der Waals surface area contributed by atoms with Crippen molar-refractivity contribution in [1.82, 2.24) is 0 Å². The lowest BCUT2D eigenvalue weighted by molar-refractivity contribution is 0.0626. The third-order valence-corrected chi connectivity index (χ3v) is 2.63. The van der Waals surface area contributed by atoms with E-state index >= 15 is 0 Å². The second-order valence-corrected chi connectivity index (χ2v) is 5.26. The molecule has 0 fully saturated rings. The van der Waals surface area contributed by atoms with Gasteiger partial charge in [0, 0.05) is 0 Å². The summed E-state index contributed by atoms with van der Waals surface area (Å²) in [5.41, 5.74) is 2.26. The van der Waals surface area contributed by atoms with Crippen molar-refractivity contribution in [3.05, 3.63) is 35.4 Å². The zero-order chi connectivity index (χ0) is 11.5. The molecule has 84 valence electrons. The number of benzene rings is 1. The minimum Gasteiger partial charge on any atom is -0.388 e. The predicted molar refractivity (Wildman–Crippen MR) is 64.9 cm³/mol. The second-order valence-electron chi connectivity index (χ2n) is 5.26. The van der Waals surface area contributed by atoms with Crippen LogP contribution in [0.3, 0.4) is 0 Å². The van der Waals surface area contributed by atoms with Gasteiger partial charge in [-0.25, -0.2) is 0 Å². The minimum absolute atomic E-state index is 0.0924. The Labute approximate surface area is 93.1 Å². The molecule has 1 aromatic rings. The van der Waals surface area contributed by atoms with Crippen molar-refractivity contribution in [2.24, 2.45) is 5.41 Å². The summed E-state index contributed by atoms with van der Waals surface area (Å²) in [6, 6.07) is 8.30. The van der Waals surface area contributed by atoms with Crippen molar-refractivity contribution in [1.29, 1.82) is 0 Å². The van der Waals surface area contributed by atoms with E-state index in [-0.39, 0.29) is 11.5 Å². The average Bonchev–Trinajstić information content (AvgIpc) is 2.16. The maximum absolute atomic E-state index is 10.1. The Morgan fingerprint density at radius 1 is 1.27 bits per heavy atom. The Kier molecular flexibility index (Phi) is 3.92. The number of aryl methyl sites for hydroxylation is 1. The van der Waals surface area contributed by atoms with Crippen LogP contribution in [0.5, 0.6) is 0 Å². The molecule has 0 aliphatic carbocycles. The van der Waals surface area contributed by atoms with E-state index in [2.05, 4.69) is 39.8 Å². The van der Waals surface area contributed by atoms with E-state index in [0.717, 1.165) is 18.4 Å². The summed E-state index contributed by atoms with van der Waals surface area (Å²) in [5, 5.41) is 10.1. The van der Waals surface area contributed by atoms with Crippen LogP contribution in [0.1, 0.15) is 51.3 Å². The van der Waals surface area contributed by atoms with Gasteiger partial charge in [0.25, 0.3) is 0 Å². The minimum atomic E-state index is -0.380. The van der Waals surface area contributed by atoms with Crippen LogP contribution in [0.2, 0.25) is 0 Å². The van der Waals surface area contributed by atoms with Crippen molar-refractivity contribution in [3.63, 3.8) is 0 Å². The van der Waals surface area contributed by atoms with Crippen LogP contribution in [0, 0.1) is 5.41 Å². The lowest BCUT2D eigenvalue weighted by atomic mass is 9.84. The average molecular weight is 206 g/mol. The molecule has 1 unspecified atom stereocenters. The number of hydrogen-bond donors (Lipinski definition) is 1. The zero-order valence-corrected chi connectivity index (χ0v) is 10.2. The molecule has 1 heteroatoms. The van der Waals surface area contributed by atoms with Gasteiger partial charge in [0.1, 0.15) is 0 Å². The molecular weight excluding hydrogens is 184 g/mol. The highest BCUT2D eigenvalue weighted by molar-refractivity contribution is 5.26. The van der Waals surface area contributed by atoms with Gasteiger partial charge in [-0.15, -0.1) is 0 Å². The Balaban J connectivity index is 2.90. The van der Waals surface area contributed by atoms with Crippen LogP contribution in [-0.4, -0.2) is 5.11 Å². The Morgan fingerprint density at radius 2 is 1.93 bits per heavy atom. The molecule has 0 spiro atoms. The molecule has 1 N–H and O–H groups in total. The molecule has 1 rings (SSSR count). The molecule has 0 saturated heterocycles. The van der Waals surface area contributed by atoms with Crippen molar-refractivity contribution >= 4 is 0 Å². The first-order chi connectivity index (χ1) is 6.95. The molecule has 0 aromatic heterocycles. The van der Waals surface area contributed by atoms with Gasteiger partial charge in [0.2, 0.25) is 0 Å². The Morgan fingerprint density at radius 3 is 2.47 bits per heavy atom. The van der Waals surface area contributed by atoms with Gasteiger partial charge in [0.05, 0.1) is 6.10 Å². The van der Waals surface area contributed by atoms with Crippen LogP contribution in [0.25, 0.3) is 0 Å². The molecule has 1 nitrogen and oxygen atoms in total. The van der Waals surface area contributed by atoms with Gasteiger partial charge in [-0.2, -0.15) is 0 Å². The van der Waals surface area contributed by atoms with Gasteiger partial charge >= 0.3 is 0 Å². The van der Waals surface area contributed by atoms with Crippen LogP contribution >= 0.6 is 0 Å². The Hall–Kier alpha value is -0.820. The summed E-state index contributed by atoms with van der Waals surface area (Å²) < 4.78 is 0. The van der Waals surface area contributed by atoms with Gasteiger partial charge in [-0.3, -0.25) is 0 Å². The number of aliphatic hydroxyl groups excluding tert-OH is 1. The molecule has 15 heavy (non-hydrogen) atoms. The van der Waals surface area contributed by atoms with Crippen molar-refractivity contribution in [2.75, 3.05) is 0 Å². The van der Waals surface area contributed by atoms with E-state index < -0.39 is 0 Å². The quantitative estimate of drug-likeness (QED) is 0.799. The SMILES string of the molecule is CCCc1cccc(C(O)C(C)(C)C)c1. The number of rotatable bonds is 3. The molecule has 0 aliphatic rings. The van der Waals surface area contributed by atoms with Gasteiger partial charge in [-0.1, -0.05) is 58.4 Å². The molecule has 0 aliphatic heterocycles. The van der Waals surface area contributed by atoms with E-state index in [4.69, 9.17) is 0 Å².